The number of allylic oxidation sites excluding steroid dienone is 4. The first kappa shape index (κ1) is 30.3. The van der Waals surface area contributed by atoms with Crippen LogP contribution in [-0.2, 0) is 0 Å². The molecule has 0 saturated heterocycles. The van der Waals surface area contributed by atoms with E-state index in [1.54, 1.807) is 30.5 Å². The second-order valence-electron chi connectivity index (χ2n) is 7.57. The molecule has 5 nitrogen and oxygen atoms in total. The van der Waals surface area contributed by atoms with Crippen LogP contribution in [0.1, 0.15) is 89.9 Å². The summed E-state index contributed by atoms with van der Waals surface area (Å²) in [6, 6.07) is 3.42. The van der Waals surface area contributed by atoms with Gasteiger partial charge in [-0.25, -0.2) is 4.79 Å². The molecular formula is C28H46N2O3. The number of aromatic carboxylic acids is 1. The van der Waals surface area contributed by atoms with Crippen molar-refractivity contribution in [1.82, 2.24) is 0 Å². The predicted molar refractivity (Wildman–Crippen MR) is 144 cm³/mol. The zero-order valence-corrected chi connectivity index (χ0v) is 21.5. The lowest BCUT2D eigenvalue weighted by Crippen LogP contribution is -2.26. The first-order valence-electron chi connectivity index (χ1n) is 12.6. The number of carboxylic acid groups (broad SMARTS) is 1. The third-order valence-corrected chi connectivity index (χ3v) is 4.94. The summed E-state index contributed by atoms with van der Waals surface area (Å²) in [7, 11) is 0. The van der Waals surface area contributed by atoms with Crippen molar-refractivity contribution in [3.05, 3.63) is 54.8 Å². The first-order chi connectivity index (χ1) is 16.1. The van der Waals surface area contributed by atoms with Crippen molar-refractivity contribution >= 4 is 17.3 Å². The van der Waals surface area contributed by atoms with Crippen molar-refractivity contribution in [2.75, 3.05) is 29.9 Å². The number of benzene rings is 1. The molecule has 0 bridgehead atoms. The van der Waals surface area contributed by atoms with Gasteiger partial charge in [0.15, 0.2) is 5.75 Å². The zero-order valence-electron chi connectivity index (χ0n) is 21.5. The molecule has 33 heavy (non-hydrogen) atoms. The smallest absolute Gasteiger partial charge is 0.335 e. The number of nitrogens with zero attached hydrogens (tertiary/aromatic N) is 1. The third-order valence-electron chi connectivity index (χ3n) is 4.94. The summed E-state index contributed by atoms with van der Waals surface area (Å²) in [4.78, 5) is 14.1. The highest BCUT2D eigenvalue weighted by Gasteiger charge is 2.20. The van der Waals surface area contributed by atoms with Crippen molar-refractivity contribution in [2.45, 2.75) is 79.6 Å². The minimum absolute atomic E-state index is 0.272. The van der Waals surface area contributed by atoms with Crippen LogP contribution in [-0.4, -0.2) is 30.7 Å². The van der Waals surface area contributed by atoms with E-state index in [1.165, 1.54) is 0 Å². The van der Waals surface area contributed by atoms with E-state index < -0.39 is 5.97 Å². The number of hydrogen-bond acceptors (Lipinski definition) is 4. The second kappa shape index (κ2) is 20.0. The van der Waals surface area contributed by atoms with Crippen molar-refractivity contribution in [2.24, 2.45) is 0 Å². The van der Waals surface area contributed by atoms with Gasteiger partial charge in [-0.05, 0) is 37.5 Å². The van der Waals surface area contributed by atoms with Crippen LogP contribution in [0.4, 0.5) is 11.4 Å². The van der Waals surface area contributed by atoms with Crippen LogP contribution in [0.3, 0.4) is 0 Å². The number of ether oxygens (including phenoxy) is 1. The number of unbranched alkanes of at least 4 members (excludes halogenated alkanes) is 4. The normalized spacial score (nSPS) is 10.7. The van der Waals surface area contributed by atoms with Gasteiger partial charge in [-0.1, -0.05) is 85.1 Å². The fourth-order valence-electron chi connectivity index (χ4n) is 3.17. The molecule has 0 spiro atoms. The van der Waals surface area contributed by atoms with E-state index in [0.717, 1.165) is 76.0 Å². The van der Waals surface area contributed by atoms with Gasteiger partial charge < -0.3 is 20.1 Å². The Balaban J connectivity index is 0.00000497. The number of carbonyl (C=O) groups is 1. The summed E-state index contributed by atoms with van der Waals surface area (Å²) < 4.78 is 6.08. The predicted octanol–water partition coefficient (Wildman–Crippen LogP) is 8.05. The van der Waals surface area contributed by atoms with Crippen LogP contribution in [0, 0.1) is 0 Å². The van der Waals surface area contributed by atoms with Crippen LogP contribution < -0.4 is 15.0 Å². The summed E-state index contributed by atoms with van der Waals surface area (Å²) in [5.41, 5.74) is 1.83. The highest BCUT2D eigenvalue weighted by molar-refractivity contribution is 5.92. The molecule has 0 fully saturated rings. The van der Waals surface area contributed by atoms with E-state index in [2.05, 4.69) is 37.6 Å². The molecular weight excluding hydrogens is 412 g/mol. The molecule has 1 aromatic carbocycles. The van der Waals surface area contributed by atoms with Gasteiger partial charge in [0.25, 0.3) is 0 Å². The fourth-order valence-corrected chi connectivity index (χ4v) is 3.17. The average molecular weight is 459 g/mol. The lowest BCUT2D eigenvalue weighted by atomic mass is 10.1. The largest absolute Gasteiger partial charge is 0.478 e. The van der Waals surface area contributed by atoms with E-state index in [4.69, 9.17) is 4.74 Å². The van der Waals surface area contributed by atoms with Gasteiger partial charge in [0.1, 0.15) is 0 Å². The topological polar surface area (TPSA) is 61.8 Å². The molecule has 0 atom stereocenters. The van der Waals surface area contributed by atoms with Gasteiger partial charge in [-0.3, -0.25) is 0 Å². The van der Waals surface area contributed by atoms with Crippen LogP contribution >= 0.6 is 0 Å². The van der Waals surface area contributed by atoms with Gasteiger partial charge in [0, 0.05) is 19.6 Å². The lowest BCUT2D eigenvalue weighted by Gasteiger charge is -2.28. The maximum Gasteiger partial charge on any atom is 0.335 e. The summed E-state index contributed by atoms with van der Waals surface area (Å²) in [5.74, 6) is -0.253. The molecule has 0 aliphatic carbocycles. The van der Waals surface area contributed by atoms with E-state index >= 15 is 0 Å². The van der Waals surface area contributed by atoms with E-state index in [1.807, 2.05) is 26.0 Å². The first-order valence-corrected chi connectivity index (χ1v) is 12.6. The van der Waals surface area contributed by atoms with Crippen molar-refractivity contribution in [1.29, 1.82) is 0 Å². The summed E-state index contributed by atoms with van der Waals surface area (Å²) in [5, 5.41) is 13.1. The van der Waals surface area contributed by atoms with Gasteiger partial charge in [0.05, 0.1) is 23.2 Å². The van der Waals surface area contributed by atoms with Crippen LogP contribution in [0.2, 0.25) is 0 Å². The zero-order chi connectivity index (χ0) is 24.9. The van der Waals surface area contributed by atoms with E-state index in [9.17, 15) is 9.90 Å². The Hall–Kier alpha value is -2.69. The highest BCUT2D eigenvalue weighted by Crippen LogP contribution is 2.38. The fraction of sp³-hybridized carbons (Fsp3) is 0.536. The minimum Gasteiger partial charge on any atom is -0.478 e. The summed E-state index contributed by atoms with van der Waals surface area (Å²) >= 11 is 0. The second-order valence-corrected chi connectivity index (χ2v) is 7.57. The molecule has 5 heteroatoms. The van der Waals surface area contributed by atoms with Gasteiger partial charge in [-0.15, -0.1) is 0 Å². The Kier molecular flexibility index (Phi) is 18.3. The van der Waals surface area contributed by atoms with E-state index in [-0.39, 0.29) is 5.56 Å². The van der Waals surface area contributed by atoms with Gasteiger partial charge in [0.2, 0.25) is 0 Å². The van der Waals surface area contributed by atoms with Crippen LogP contribution in [0.15, 0.2) is 49.3 Å². The maximum absolute atomic E-state index is 11.9. The molecule has 0 amide bonds. The highest BCUT2D eigenvalue weighted by atomic mass is 16.5. The summed E-state index contributed by atoms with van der Waals surface area (Å²) in [6.07, 6.45) is 16.3. The van der Waals surface area contributed by atoms with Gasteiger partial charge >= 0.3 is 5.97 Å². The number of hydrogen-bond donors (Lipinski definition) is 2. The maximum atomic E-state index is 11.9. The molecule has 186 valence electrons. The monoisotopic (exact) mass is 458 g/mol. The Morgan fingerprint density at radius 1 is 1.00 bits per heavy atom. The quantitative estimate of drug-likeness (QED) is 0.140. The van der Waals surface area contributed by atoms with Crippen molar-refractivity contribution in [3.63, 3.8) is 0 Å². The molecule has 0 heterocycles. The number of rotatable bonds is 17. The summed E-state index contributed by atoms with van der Waals surface area (Å²) in [6.45, 7) is 16.7. The number of nitrogens with one attached hydrogen (secondary N) is 1. The number of carboxylic acids is 1. The molecule has 1 aromatic rings. The van der Waals surface area contributed by atoms with Crippen molar-refractivity contribution < 1.29 is 14.6 Å². The average Bonchev–Trinajstić information content (AvgIpc) is 2.83. The molecule has 0 radical (unpaired) electrons. The molecule has 2 N–H and O–H groups in total. The number of anilines is 2. The Labute approximate surface area is 202 Å². The van der Waals surface area contributed by atoms with Crippen LogP contribution in [0.5, 0.6) is 5.75 Å². The Morgan fingerprint density at radius 2 is 1.64 bits per heavy atom. The molecule has 0 aliphatic rings. The standard InChI is InChI=1S/C26H40N2O3.C2H6/c1-5-9-13-15-19-31-25-23(27-16-14-10-6-2)20-22(26(29)30)21-24(25)28(17-11-7-3)18-12-8-4;1-2/h5,9,13,15,19-21,27H,1,6-8,10-12,14,16-18H2,2-4H3,(H,29,30);1-2H3/b13-9-,19-15+;. The SMILES string of the molecule is C=C/C=C\C=C\Oc1c(NCCCCC)cc(C(=O)O)cc1N(CCCC)CCCC.CC. The Morgan fingerprint density at radius 3 is 2.18 bits per heavy atom. The molecule has 0 unspecified atom stereocenters. The lowest BCUT2D eigenvalue weighted by molar-refractivity contribution is 0.0697. The van der Waals surface area contributed by atoms with E-state index in [0.29, 0.717) is 5.75 Å². The Bertz CT molecular complexity index is 718. The molecule has 0 saturated carbocycles. The van der Waals surface area contributed by atoms with Crippen molar-refractivity contribution in [3.8, 4) is 5.75 Å². The molecule has 1 rings (SSSR count). The van der Waals surface area contributed by atoms with Gasteiger partial charge in [-0.2, -0.15) is 0 Å². The molecule has 0 aliphatic heterocycles. The minimum atomic E-state index is -0.931. The third kappa shape index (κ3) is 12.2. The molecule has 0 aromatic heterocycles. The van der Waals surface area contributed by atoms with Crippen LogP contribution in [0.25, 0.3) is 0 Å².